The molecular formula is C17H21FN4O2. The summed E-state index contributed by atoms with van der Waals surface area (Å²) >= 11 is 0. The quantitative estimate of drug-likeness (QED) is 0.899. The zero-order valence-corrected chi connectivity index (χ0v) is 13.5. The fourth-order valence-corrected chi connectivity index (χ4v) is 3.71. The number of H-pyrrole nitrogens is 1. The van der Waals surface area contributed by atoms with E-state index in [0.717, 1.165) is 37.1 Å². The number of aromatic nitrogens is 3. The SMILES string of the molecule is O=c1[nH]c2c(cc1-c1noc(C(F)CC3CCCC3)n1)CNCC2. The maximum atomic E-state index is 14.4. The van der Waals surface area contributed by atoms with Crippen LogP contribution in [0.15, 0.2) is 15.4 Å². The van der Waals surface area contributed by atoms with Crippen LogP contribution in [0.5, 0.6) is 0 Å². The molecule has 1 fully saturated rings. The van der Waals surface area contributed by atoms with Gasteiger partial charge in [-0.15, -0.1) is 0 Å². The van der Waals surface area contributed by atoms with E-state index in [9.17, 15) is 9.18 Å². The van der Waals surface area contributed by atoms with Crippen molar-refractivity contribution in [3.63, 3.8) is 0 Å². The van der Waals surface area contributed by atoms with E-state index in [4.69, 9.17) is 4.52 Å². The van der Waals surface area contributed by atoms with Gasteiger partial charge in [-0.05, 0) is 24.0 Å². The molecular weight excluding hydrogens is 311 g/mol. The van der Waals surface area contributed by atoms with Crippen LogP contribution in [0.2, 0.25) is 0 Å². The highest BCUT2D eigenvalue weighted by Crippen LogP contribution is 2.34. The molecule has 0 bridgehead atoms. The molecule has 7 heteroatoms. The molecule has 1 saturated carbocycles. The Morgan fingerprint density at radius 2 is 2.21 bits per heavy atom. The summed E-state index contributed by atoms with van der Waals surface area (Å²) in [7, 11) is 0. The summed E-state index contributed by atoms with van der Waals surface area (Å²) in [5, 5.41) is 7.08. The fraction of sp³-hybridized carbons (Fsp3) is 0.588. The number of nitrogens with one attached hydrogen (secondary N) is 2. The Kier molecular flexibility index (Phi) is 4.18. The van der Waals surface area contributed by atoms with Crippen molar-refractivity contribution in [1.82, 2.24) is 20.4 Å². The normalized spacial score (nSPS) is 19.4. The first-order valence-electron chi connectivity index (χ1n) is 8.64. The minimum atomic E-state index is -1.26. The van der Waals surface area contributed by atoms with E-state index < -0.39 is 6.17 Å². The van der Waals surface area contributed by atoms with Crippen LogP contribution in [0.4, 0.5) is 4.39 Å². The Hall–Kier alpha value is -2.02. The molecule has 0 spiro atoms. The third-order valence-corrected chi connectivity index (χ3v) is 5.05. The Labute approximate surface area is 138 Å². The predicted molar refractivity (Wildman–Crippen MR) is 86.2 cm³/mol. The van der Waals surface area contributed by atoms with Gasteiger partial charge in [0, 0.05) is 25.2 Å². The van der Waals surface area contributed by atoms with E-state index in [0.29, 0.717) is 24.4 Å². The predicted octanol–water partition coefficient (Wildman–Crippen LogP) is 2.66. The molecule has 1 unspecified atom stereocenters. The summed E-state index contributed by atoms with van der Waals surface area (Å²) in [6.07, 6.45) is 4.43. The van der Waals surface area contributed by atoms with E-state index in [1.165, 1.54) is 12.8 Å². The highest BCUT2D eigenvalue weighted by atomic mass is 19.1. The van der Waals surface area contributed by atoms with E-state index in [-0.39, 0.29) is 17.3 Å². The molecule has 1 aliphatic heterocycles. The first-order chi connectivity index (χ1) is 11.7. The van der Waals surface area contributed by atoms with Crippen molar-refractivity contribution in [1.29, 1.82) is 0 Å². The van der Waals surface area contributed by atoms with Gasteiger partial charge in [-0.1, -0.05) is 30.8 Å². The molecule has 2 N–H and O–H groups in total. The summed E-state index contributed by atoms with van der Waals surface area (Å²) < 4.78 is 19.5. The maximum Gasteiger partial charge on any atom is 0.261 e. The van der Waals surface area contributed by atoms with Crippen molar-refractivity contribution >= 4 is 0 Å². The molecule has 3 heterocycles. The Morgan fingerprint density at radius 3 is 3.04 bits per heavy atom. The second-order valence-corrected chi connectivity index (χ2v) is 6.75. The second kappa shape index (κ2) is 6.47. The number of nitrogens with zero attached hydrogens (tertiary/aromatic N) is 2. The van der Waals surface area contributed by atoms with Gasteiger partial charge in [0.05, 0.1) is 5.56 Å². The van der Waals surface area contributed by atoms with E-state index in [1.807, 2.05) is 0 Å². The molecule has 128 valence electrons. The van der Waals surface area contributed by atoms with Gasteiger partial charge in [0.2, 0.25) is 5.82 Å². The Morgan fingerprint density at radius 1 is 1.38 bits per heavy atom. The number of alkyl halides is 1. The Balaban J connectivity index is 1.57. The van der Waals surface area contributed by atoms with Crippen LogP contribution in [0.1, 0.15) is 55.4 Å². The molecule has 4 rings (SSSR count). The van der Waals surface area contributed by atoms with Gasteiger partial charge in [-0.2, -0.15) is 4.98 Å². The van der Waals surface area contributed by atoms with Crippen molar-refractivity contribution in [3.8, 4) is 11.4 Å². The second-order valence-electron chi connectivity index (χ2n) is 6.75. The zero-order valence-electron chi connectivity index (χ0n) is 13.5. The van der Waals surface area contributed by atoms with Crippen molar-refractivity contribution in [3.05, 3.63) is 33.6 Å². The summed E-state index contributed by atoms with van der Waals surface area (Å²) in [6, 6.07) is 1.78. The van der Waals surface area contributed by atoms with Crippen molar-refractivity contribution in [2.45, 2.75) is 51.2 Å². The van der Waals surface area contributed by atoms with E-state index in [2.05, 4.69) is 20.4 Å². The highest BCUT2D eigenvalue weighted by molar-refractivity contribution is 5.54. The lowest BCUT2D eigenvalue weighted by Crippen LogP contribution is -2.27. The molecule has 0 radical (unpaired) electrons. The van der Waals surface area contributed by atoms with Crippen LogP contribution >= 0.6 is 0 Å². The average molecular weight is 332 g/mol. The van der Waals surface area contributed by atoms with Crippen LogP contribution in [-0.2, 0) is 13.0 Å². The molecule has 2 aromatic rings. The zero-order chi connectivity index (χ0) is 16.5. The van der Waals surface area contributed by atoms with Gasteiger partial charge in [0.1, 0.15) is 0 Å². The monoisotopic (exact) mass is 332 g/mol. The van der Waals surface area contributed by atoms with E-state index >= 15 is 0 Å². The first kappa shape index (κ1) is 15.5. The number of fused-ring (bicyclic) bond motifs is 1. The van der Waals surface area contributed by atoms with Crippen molar-refractivity contribution in [2.24, 2.45) is 5.92 Å². The van der Waals surface area contributed by atoms with Crippen LogP contribution < -0.4 is 10.9 Å². The lowest BCUT2D eigenvalue weighted by atomic mass is 10.0. The van der Waals surface area contributed by atoms with E-state index in [1.54, 1.807) is 6.07 Å². The van der Waals surface area contributed by atoms with Crippen LogP contribution in [0.3, 0.4) is 0 Å². The van der Waals surface area contributed by atoms with Crippen molar-refractivity contribution < 1.29 is 8.91 Å². The number of rotatable bonds is 4. The van der Waals surface area contributed by atoms with Crippen LogP contribution in [0.25, 0.3) is 11.4 Å². The molecule has 1 atom stereocenters. The van der Waals surface area contributed by atoms with Crippen LogP contribution in [-0.4, -0.2) is 21.7 Å². The van der Waals surface area contributed by atoms with Gasteiger partial charge in [0.15, 0.2) is 6.17 Å². The summed E-state index contributed by atoms with van der Waals surface area (Å²) in [6.45, 7) is 1.54. The molecule has 6 nitrogen and oxygen atoms in total. The maximum absolute atomic E-state index is 14.4. The molecule has 0 aromatic carbocycles. The molecule has 24 heavy (non-hydrogen) atoms. The lowest BCUT2D eigenvalue weighted by Gasteiger charge is -2.16. The van der Waals surface area contributed by atoms with Gasteiger partial charge >= 0.3 is 0 Å². The summed E-state index contributed by atoms with van der Waals surface area (Å²) in [4.78, 5) is 19.3. The smallest absolute Gasteiger partial charge is 0.261 e. The minimum absolute atomic E-state index is 0.0212. The average Bonchev–Trinajstić information content (AvgIpc) is 3.25. The Bertz CT molecular complexity index is 779. The minimum Gasteiger partial charge on any atom is -0.336 e. The number of hydrogen-bond acceptors (Lipinski definition) is 5. The van der Waals surface area contributed by atoms with Crippen molar-refractivity contribution in [2.75, 3.05) is 6.54 Å². The fourth-order valence-electron chi connectivity index (χ4n) is 3.71. The number of pyridine rings is 1. The molecule has 2 aromatic heterocycles. The van der Waals surface area contributed by atoms with Gasteiger partial charge < -0.3 is 14.8 Å². The highest BCUT2D eigenvalue weighted by Gasteiger charge is 2.26. The van der Waals surface area contributed by atoms with Gasteiger partial charge in [-0.25, -0.2) is 4.39 Å². The third kappa shape index (κ3) is 3.00. The molecule has 1 aliphatic carbocycles. The van der Waals surface area contributed by atoms with Gasteiger partial charge in [0.25, 0.3) is 11.4 Å². The molecule has 0 saturated heterocycles. The summed E-state index contributed by atoms with van der Waals surface area (Å²) in [5.74, 6) is 0.536. The number of hydrogen-bond donors (Lipinski definition) is 2. The lowest BCUT2D eigenvalue weighted by molar-refractivity contribution is 0.209. The number of halogens is 1. The van der Waals surface area contributed by atoms with Crippen LogP contribution in [0, 0.1) is 5.92 Å². The molecule has 0 amide bonds. The standard InChI is InChI=1S/C17H21FN4O2/c18-13(7-10-3-1-2-4-10)17-21-15(22-24-17)12-8-11-9-19-6-5-14(11)20-16(12)23/h8,10,13,19H,1-7,9H2,(H,20,23). The third-order valence-electron chi connectivity index (χ3n) is 5.05. The summed E-state index contributed by atoms with van der Waals surface area (Å²) in [5.41, 5.74) is 2.04. The first-order valence-corrected chi connectivity index (χ1v) is 8.64. The van der Waals surface area contributed by atoms with Gasteiger partial charge in [-0.3, -0.25) is 4.79 Å². The topological polar surface area (TPSA) is 83.8 Å². The molecule has 2 aliphatic rings. The largest absolute Gasteiger partial charge is 0.336 e. The number of aromatic amines is 1.